The van der Waals surface area contributed by atoms with Crippen LogP contribution in [0.15, 0.2) is 24.3 Å². The molecule has 0 radical (unpaired) electrons. The van der Waals surface area contributed by atoms with Crippen LogP contribution in [0, 0.1) is 0 Å². The molecule has 22 heavy (non-hydrogen) atoms. The maximum atomic E-state index is 11.3. The molecular weight excluding hydrogens is 314 g/mol. The number of benzene rings is 1. The van der Waals surface area contributed by atoms with E-state index in [2.05, 4.69) is 5.32 Å². The van der Waals surface area contributed by atoms with Gasteiger partial charge in [0, 0.05) is 11.9 Å². The average molecular weight is 332 g/mol. The van der Waals surface area contributed by atoms with E-state index >= 15 is 0 Å². The lowest BCUT2D eigenvalue weighted by molar-refractivity contribution is -0.244. The summed E-state index contributed by atoms with van der Waals surface area (Å²) in [6, 6.07) is 5.44. The Morgan fingerprint density at radius 1 is 1.32 bits per heavy atom. The van der Waals surface area contributed by atoms with Crippen molar-refractivity contribution in [3.05, 3.63) is 29.3 Å². The predicted molar refractivity (Wildman–Crippen MR) is 77.4 cm³/mol. The molecule has 4 N–H and O–H groups in total. The smallest absolute Gasteiger partial charge is 0.223 e. The molecule has 0 aliphatic carbocycles. The number of hydrogen-bond donors (Lipinski definition) is 4. The molecule has 1 amide bonds. The van der Waals surface area contributed by atoms with Crippen molar-refractivity contribution in [2.75, 3.05) is 6.61 Å². The normalized spacial score (nSPS) is 31.6. The number of rotatable bonds is 4. The Labute approximate surface area is 132 Å². The monoisotopic (exact) mass is 331 g/mol. The Balaban J connectivity index is 2.18. The highest BCUT2D eigenvalue weighted by atomic mass is 35.5. The third-order valence-electron chi connectivity index (χ3n) is 3.32. The van der Waals surface area contributed by atoms with Crippen LogP contribution in [0.3, 0.4) is 0 Å². The molecule has 122 valence electrons. The van der Waals surface area contributed by atoms with Gasteiger partial charge in [-0.05, 0) is 24.3 Å². The van der Waals surface area contributed by atoms with E-state index in [1.54, 1.807) is 24.3 Å². The SMILES string of the molecule is CC(=O)N[C@@H]1[C@@H](Oc2ccc(Cl)cc2)O[C@H](CO)[C@H](O)[C@@H]1O. The number of amides is 1. The fraction of sp³-hybridized carbons (Fsp3) is 0.500. The molecule has 0 unspecified atom stereocenters. The van der Waals surface area contributed by atoms with Crippen molar-refractivity contribution in [2.45, 2.75) is 37.6 Å². The van der Waals surface area contributed by atoms with E-state index in [1.165, 1.54) is 6.92 Å². The first kappa shape index (κ1) is 17.0. The summed E-state index contributed by atoms with van der Waals surface area (Å²) in [5.41, 5.74) is 0. The topological polar surface area (TPSA) is 108 Å². The highest BCUT2D eigenvalue weighted by Gasteiger charge is 2.46. The van der Waals surface area contributed by atoms with Crippen LogP contribution in [0.4, 0.5) is 0 Å². The van der Waals surface area contributed by atoms with Gasteiger partial charge < -0.3 is 30.1 Å². The molecule has 2 rings (SSSR count). The van der Waals surface area contributed by atoms with E-state index in [4.69, 9.17) is 21.1 Å². The molecule has 0 spiro atoms. The molecule has 1 heterocycles. The molecule has 5 atom stereocenters. The molecule has 0 saturated carbocycles. The summed E-state index contributed by atoms with van der Waals surface area (Å²) in [7, 11) is 0. The van der Waals surface area contributed by atoms with Gasteiger partial charge in [-0.15, -0.1) is 0 Å². The van der Waals surface area contributed by atoms with E-state index in [9.17, 15) is 20.1 Å². The molecule has 1 aromatic rings. The van der Waals surface area contributed by atoms with Gasteiger partial charge in [0.25, 0.3) is 0 Å². The minimum atomic E-state index is -1.34. The zero-order valence-electron chi connectivity index (χ0n) is 11.8. The summed E-state index contributed by atoms with van der Waals surface area (Å²) in [6.45, 7) is 0.780. The number of hydrogen-bond acceptors (Lipinski definition) is 6. The Hall–Kier alpha value is -1.38. The lowest BCUT2D eigenvalue weighted by Crippen LogP contribution is -2.65. The molecule has 1 aliphatic heterocycles. The van der Waals surface area contributed by atoms with Crippen LogP contribution in [0.1, 0.15) is 6.92 Å². The van der Waals surface area contributed by atoms with Crippen molar-refractivity contribution in [1.82, 2.24) is 5.32 Å². The Kier molecular flexibility index (Phi) is 5.60. The van der Waals surface area contributed by atoms with E-state index in [0.717, 1.165) is 0 Å². The van der Waals surface area contributed by atoms with Crippen LogP contribution in [0.25, 0.3) is 0 Å². The first-order valence-electron chi connectivity index (χ1n) is 6.74. The highest BCUT2D eigenvalue weighted by Crippen LogP contribution is 2.25. The minimum absolute atomic E-state index is 0.407. The second kappa shape index (κ2) is 7.26. The summed E-state index contributed by atoms with van der Waals surface area (Å²) in [6.07, 6.45) is -4.77. The van der Waals surface area contributed by atoms with Crippen molar-refractivity contribution in [3.8, 4) is 5.75 Å². The lowest BCUT2D eigenvalue weighted by atomic mass is 9.97. The van der Waals surface area contributed by atoms with Gasteiger partial charge in [0.05, 0.1) is 6.61 Å². The zero-order valence-corrected chi connectivity index (χ0v) is 12.6. The van der Waals surface area contributed by atoms with E-state index < -0.39 is 43.2 Å². The summed E-state index contributed by atoms with van der Waals surface area (Å²) >= 11 is 5.79. The van der Waals surface area contributed by atoms with Gasteiger partial charge in [-0.3, -0.25) is 4.79 Å². The number of ether oxygens (including phenoxy) is 2. The van der Waals surface area contributed by atoms with Crippen molar-refractivity contribution in [1.29, 1.82) is 0 Å². The lowest BCUT2D eigenvalue weighted by Gasteiger charge is -2.42. The molecule has 1 aliphatic rings. The van der Waals surface area contributed by atoms with E-state index in [1.807, 2.05) is 0 Å². The number of aliphatic hydroxyl groups excluding tert-OH is 3. The Morgan fingerprint density at radius 3 is 2.50 bits per heavy atom. The standard InChI is InChI=1S/C14H18ClNO6/c1-7(18)16-11-13(20)12(19)10(6-17)22-14(11)21-9-4-2-8(15)3-5-9/h2-5,10-14,17,19-20H,6H2,1H3,(H,16,18)/t10-,11+,12+,13-,14+/m1/s1. The first-order valence-corrected chi connectivity index (χ1v) is 7.12. The molecule has 1 saturated heterocycles. The van der Waals surface area contributed by atoms with Crippen LogP contribution >= 0.6 is 11.6 Å². The maximum Gasteiger partial charge on any atom is 0.223 e. The number of nitrogens with one attached hydrogen (secondary N) is 1. The number of carbonyl (C=O) groups excluding carboxylic acids is 1. The van der Waals surface area contributed by atoms with Crippen molar-refractivity contribution in [3.63, 3.8) is 0 Å². The highest BCUT2D eigenvalue weighted by molar-refractivity contribution is 6.30. The molecular formula is C14H18ClNO6. The third-order valence-corrected chi connectivity index (χ3v) is 3.57. The maximum absolute atomic E-state index is 11.3. The second-order valence-corrected chi connectivity index (χ2v) is 5.44. The van der Waals surface area contributed by atoms with E-state index in [-0.39, 0.29) is 0 Å². The van der Waals surface area contributed by atoms with Gasteiger partial charge in [0.2, 0.25) is 12.2 Å². The Bertz CT molecular complexity index is 511. The van der Waals surface area contributed by atoms with Crippen LogP contribution in [-0.4, -0.2) is 58.5 Å². The van der Waals surface area contributed by atoms with Crippen LogP contribution in [-0.2, 0) is 9.53 Å². The van der Waals surface area contributed by atoms with Gasteiger partial charge in [-0.2, -0.15) is 0 Å². The van der Waals surface area contributed by atoms with Gasteiger partial charge in [0.1, 0.15) is 30.1 Å². The third kappa shape index (κ3) is 3.88. The van der Waals surface area contributed by atoms with Crippen molar-refractivity contribution in [2.24, 2.45) is 0 Å². The summed E-state index contributed by atoms with van der Waals surface area (Å²) in [4.78, 5) is 11.3. The molecule has 1 aromatic carbocycles. The summed E-state index contributed by atoms with van der Waals surface area (Å²) in [5.74, 6) is -0.00274. The predicted octanol–water partition coefficient (Wildman–Crippen LogP) is -0.338. The molecule has 8 heteroatoms. The zero-order chi connectivity index (χ0) is 16.3. The van der Waals surface area contributed by atoms with E-state index in [0.29, 0.717) is 10.8 Å². The molecule has 0 aromatic heterocycles. The minimum Gasteiger partial charge on any atom is -0.463 e. The summed E-state index contributed by atoms with van der Waals surface area (Å²) < 4.78 is 11.0. The number of halogens is 1. The summed E-state index contributed by atoms with van der Waals surface area (Å²) in [5, 5.41) is 32.2. The van der Waals surface area contributed by atoms with Gasteiger partial charge in [-0.25, -0.2) is 0 Å². The largest absolute Gasteiger partial charge is 0.463 e. The quantitative estimate of drug-likeness (QED) is 0.601. The number of carbonyl (C=O) groups is 1. The number of aliphatic hydroxyl groups is 3. The van der Waals surface area contributed by atoms with Crippen LogP contribution in [0.5, 0.6) is 5.75 Å². The van der Waals surface area contributed by atoms with Gasteiger partial charge in [0.15, 0.2) is 0 Å². The molecule has 1 fully saturated rings. The first-order chi connectivity index (χ1) is 10.4. The van der Waals surface area contributed by atoms with Crippen molar-refractivity contribution < 1.29 is 29.6 Å². The molecule has 0 bridgehead atoms. The second-order valence-electron chi connectivity index (χ2n) is 5.00. The fourth-order valence-electron chi connectivity index (χ4n) is 2.22. The average Bonchev–Trinajstić information content (AvgIpc) is 2.48. The van der Waals surface area contributed by atoms with Crippen LogP contribution < -0.4 is 10.1 Å². The van der Waals surface area contributed by atoms with Gasteiger partial charge >= 0.3 is 0 Å². The molecule has 7 nitrogen and oxygen atoms in total. The Morgan fingerprint density at radius 2 is 1.95 bits per heavy atom. The van der Waals surface area contributed by atoms with Gasteiger partial charge in [-0.1, -0.05) is 11.6 Å². The fourth-order valence-corrected chi connectivity index (χ4v) is 2.34. The van der Waals surface area contributed by atoms with Crippen LogP contribution in [0.2, 0.25) is 5.02 Å². The van der Waals surface area contributed by atoms with Crippen molar-refractivity contribution >= 4 is 17.5 Å².